The van der Waals surface area contributed by atoms with Gasteiger partial charge in [-0.2, -0.15) is 0 Å². The highest BCUT2D eigenvalue weighted by molar-refractivity contribution is 7.10. The summed E-state index contributed by atoms with van der Waals surface area (Å²) in [5.74, 6) is 0.137. The molecule has 0 saturated carbocycles. The molecule has 2 aromatic heterocycles. The van der Waals surface area contributed by atoms with Crippen LogP contribution in [0, 0.1) is 0 Å². The number of nitrogens with one attached hydrogen (secondary N) is 2. The monoisotopic (exact) mass is 434 g/mol. The van der Waals surface area contributed by atoms with Crippen LogP contribution in [0.4, 0.5) is 0 Å². The van der Waals surface area contributed by atoms with Crippen LogP contribution in [0.2, 0.25) is 0 Å². The zero-order chi connectivity index (χ0) is 20.5. The molecule has 1 fully saturated rings. The van der Waals surface area contributed by atoms with Crippen molar-refractivity contribution in [3.63, 3.8) is 0 Å². The van der Waals surface area contributed by atoms with Crippen LogP contribution in [0.5, 0.6) is 0 Å². The van der Waals surface area contributed by atoms with Gasteiger partial charge in [0.1, 0.15) is 0 Å². The molecular weight excluding hydrogens is 404 g/mol. The van der Waals surface area contributed by atoms with Crippen molar-refractivity contribution < 1.29 is 9.59 Å². The molecule has 0 radical (unpaired) electrons. The molecule has 3 heterocycles. The molecule has 2 amide bonds. The van der Waals surface area contributed by atoms with Gasteiger partial charge in [-0.15, -0.1) is 22.7 Å². The molecule has 1 atom stereocenters. The average Bonchev–Trinajstić information content (AvgIpc) is 3.41. The topological polar surface area (TPSA) is 64.7 Å². The van der Waals surface area contributed by atoms with Crippen LogP contribution in [0.1, 0.15) is 29.5 Å². The summed E-state index contributed by atoms with van der Waals surface area (Å²) in [4.78, 5) is 31.5. The lowest BCUT2D eigenvalue weighted by Crippen LogP contribution is -2.56. The number of thiophene rings is 2. The standard InChI is InChI=1S/C21H30N4O2S2/c1-2-5-17-14-24(15-20(26)22-12-18-6-3-10-28-18)8-9-25(17)16-21(27)23-13-19-7-4-11-29-19/h3-4,6-7,10-11,17H,2,5,8-9,12-16H2,1H3,(H,22,26)(H,23,27). The van der Waals surface area contributed by atoms with Gasteiger partial charge in [0.25, 0.3) is 0 Å². The summed E-state index contributed by atoms with van der Waals surface area (Å²) in [6.07, 6.45) is 2.10. The van der Waals surface area contributed by atoms with E-state index < -0.39 is 0 Å². The van der Waals surface area contributed by atoms with E-state index in [-0.39, 0.29) is 11.8 Å². The first-order valence-electron chi connectivity index (χ1n) is 10.2. The number of hydrogen-bond acceptors (Lipinski definition) is 6. The molecule has 1 aliphatic rings. The molecule has 2 aromatic rings. The van der Waals surface area contributed by atoms with Gasteiger partial charge in [0, 0.05) is 35.4 Å². The Morgan fingerprint density at radius 2 is 1.62 bits per heavy atom. The number of piperazine rings is 1. The van der Waals surface area contributed by atoms with Gasteiger partial charge >= 0.3 is 0 Å². The number of hydrogen-bond donors (Lipinski definition) is 2. The summed E-state index contributed by atoms with van der Waals surface area (Å²) in [6.45, 7) is 6.66. The molecule has 0 spiro atoms. The second-order valence-electron chi connectivity index (χ2n) is 7.36. The third-order valence-corrected chi connectivity index (χ3v) is 6.86. The summed E-state index contributed by atoms with van der Waals surface area (Å²) in [7, 11) is 0. The highest BCUT2D eigenvalue weighted by Gasteiger charge is 2.28. The second kappa shape index (κ2) is 11.4. The fourth-order valence-corrected chi connectivity index (χ4v) is 4.90. The van der Waals surface area contributed by atoms with Gasteiger partial charge in [-0.25, -0.2) is 0 Å². The largest absolute Gasteiger partial charge is 0.350 e. The third kappa shape index (κ3) is 7.22. The maximum Gasteiger partial charge on any atom is 0.234 e. The SMILES string of the molecule is CCCC1CN(CC(=O)NCc2cccs2)CCN1CC(=O)NCc1cccs1. The van der Waals surface area contributed by atoms with Gasteiger partial charge in [0.05, 0.1) is 26.2 Å². The lowest BCUT2D eigenvalue weighted by atomic mass is 10.1. The Morgan fingerprint density at radius 1 is 1.00 bits per heavy atom. The fraction of sp³-hybridized carbons (Fsp3) is 0.524. The quantitative estimate of drug-likeness (QED) is 0.603. The Bertz CT molecular complexity index is 749. The van der Waals surface area contributed by atoms with Crippen molar-refractivity contribution in [1.82, 2.24) is 20.4 Å². The summed E-state index contributed by atoms with van der Waals surface area (Å²) < 4.78 is 0. The molecule has 1 aliphatic heterocycles. The van der Waals surface area contributed by atoms with E-state index in [1.807, 2.05) is 35.0 Å². The van der Waals surface area contributed by atoms with E-state index in [1.54, 1.807) is 22.7 Å². The van der Waals surface area contributed by atoms with E-state index in [4.69, 9.17) is 0 Å². The molecule has 0 aliphatic carbocycles. The smallest absolute Gasteiger partial charge is 0.234 e. The molecular formula is C21H30N4O2S2. The van der Waals surface area contributed by atoms with Gasteiger partial charge in [-0.3, -0.25) is 19.4 Å². The van der Waals surface area contributed by atoms with Crippen molar-refractivity contribution in [3.8, 4) is 0 Å². The van der Waals surface area contributed by atoms with Crippen LogP contribution >= 0.6 is 22.7 Å². The lowest BCUT2D eigenvalue weighted by molar-refractivity contribution is -0.126. The minimum absolute atomic E-state index is 0.0655. The Morgan fingerprint density at radius 3 is 2.17 bits per heavy atom. The Balaban J connectivity index is 1.43. The van der Waals surface area contributed by atoms with Gasteiger partial charge in [-0.1, -0.05) is 25.5 Å². The van der Waals surface area contributed by atoms with Gasteiger partial charge in [0.15, 0.2) is 0 Å². The molecule has 3 rings (SSSR count). The predicted octanol–water partition coefficient (Wildman–Crippen LogP) is 2.53. The number of nitrogens with zero attached hydrogens (tertiary/aromatic N) is 2. The van der Waals surface area contributed by atoms with Crippen LogP contribution in [-0.2, 0) is 22.7 Å². The van der Waals surface area contributed by atoms with Gasteiger partial charge < -0.3 is 10.6 Å². The minimum atomic E-state index is 0.0655. The molecule has 158 valence electrons. The van der Waals surface area contributed by atoms with E-state index >= 15 is 0 Å². The first-order valence-corrected chi connectivity index (χ1v) is 11.9. The van der Waals surface area contributed by atoms with Crippen molar-refractivity contribution in [2.45, 2.75) is 38.9 Å². The van der Waals surface area contributed by atoms with Crippen molar-refractivity contribution in [3.05, 3.63) is 44.8 Å². The van der Waals surface area contributed by atoms with Crippen molar-refractivity contribution >= 4 is 34.5 Å². The van der Waals surface area contributed by atoms with Crippen molar-refractivity contribution in [2.24, 2.45) is 0 Å². The number of carbonyl (C=O) groups is 2. The maximum absolute atomic E-state index is 12.4. The Labute approximate surface area is 180 Å². The number of amides is 2. The molecule has 1 unspecified atom stereocenters. The molecule has 8 heteroatoms. The molecule has 1 saturated heterocycles. The van der Waals surface area contributed by atoms with Crippen LogP contribution in [0.15, 0.2) is 35.0 Å². The van der Waals surface area contributed by atoms with Crippen LogP contribution < -0.4 is 10.6 Å². The van der Waals surface area contributed by atoms with E-state index in [0.717, 1.165) is 32.5 Å². The van der Waals surface area contributed by atoms with Crippen LogP contribution in [0.25, 0.3) is 0 Å². The molecule has 2 N–H and O–H groups in total. The van der Waals surface area contributed by atoms with Crippen LogP contribution in [-0.4, -0.2) is 60.4 Å². The number of carbonyl (C=O) groups excluding carboxylic acids is 2. The molecule has 29 heavy (non-hydrogen) atoms. The number of rotatable bonds is 10. The second-order valence-corrected chi connectivity index (χ2v) is 9.42. The van der Waals surface area contributed by atoms with Gasteiger partial charge in [-0.05, 0) is 29.3 Å². The lowest BCUT2D eigenvalue weighted by Gasteiger charge is -2.41. The van der Waals surface area contributed by atoms with E-state index in [0.29, 0.717) is 32.2 Å². The van der Waals surface area contributed by atoms with E-state index in [1.165, 1.54) is 9.75 Å². The summed E-state index contributed by atoms with van der Waals surface area (Å²) in [6, 6.07) is 8.38. The van der Waals surface area contributed by atoms with E-state index in [9.17, 15) is 9.59 Å². The third-order valence-electron chi connectivity index (χ3n) is 5.10. The highest BCUT2D eigenvalue weighted by Crippen LogP contribution is 2.15. The van der Waals surface area contributed by atoms with E-state index in [2.05, 4.69) is 27.4 Å². The predicted molar refractivity (Wildman–Crippen MR) is 119 cm³/mol. The fourth-order valence-electron chi connectivity index (χ4n) is 3.61. The summed E-state index contributed by atoms with van der Waals surface area (Å²) >= 11 is 3.31. The Kier molecular flexibility index (Phi) is 8.67. The maximum atomic E-state index is 12.4. The molecule has 0 bridgehead atoms. The van der Waals surface area contributed by atoms with Gasteiger partial charge in [0.2, 0.25) is 11.8 Å². The summed E-state index contributed by atoms with van der Waals surface area (Å²) in [5, 5.41) is 10.1. The molecule has 0 aromatic carbocycles. The first kappa shape index (κ1) is 22.0. The highest BCUT2D eigenvalue weighted by atomic mass is 32.1. The molecule has 6 nitrogen and oxygen atoms in total. The van der Waals surface area contributed by atoms with Crippen molar-refractivity contribution in [2.75, 3.05) is 32.7 Å². The first-order chi connectivity index (χ1) is 14.1. The Hall–Kier alpha value is -1.74. The zero-order valence-electron chi connectivity index (χ0n) is 16.9. The van der Waals surface area contributed by atoms with Crippen molar-refractivity contribution in [1.29, 1.82) is 0 Å². The minimum Gasteiger partial charge on any atom is -0.350 e. The summed E-state index contributed by atoms with van der Waals surface area (Å²) in [5.41, 5.74) is 0. The zero-order valence-corrected chi connectivity index (χ0v) is 18.6. The normalized spacial score (nSPS) is 17.9. The average molecular weight is 435 g/mol. The van der Waals surface area contributed by atoms with Crippen LogP contribution in [0.3, 0.4) is 0 Å².